The Hall–Kier alpha value is -2.32. The topological polar surface area (TPSA) is 90.1 Å². The highest BCUT2D eigenvalue weighted by Crippen LogP contribution is 2.25. The lowest BCUT2D eigenvalue weighted by atomic mass is 10.1. The SMILES string of the molecule is Cc1ccc(NC(=O)CSC(C)C(=O)N2CCNCC2c2cn[nH]c2)cc1. The van der Waals surface area contributed by atoms with E-state index in [0.717, 1.165) is 23.4 Å². The van der Waals surface area contributed by atoms with Crippen molar-refractivity contribution in [3.8, 4) is 0 Å². The lowest BCUT2D eigenvalue weighted by Gasteiger charge is -2.37. The van der Waals surface area contributed by atoms with Crippen molar-refractivity contribution in [2.24, 2.45) is 0 Å². The summed E-state index contributed by atoms with van der Waals surface area (Å²) in [7, 11) is 0. The van der Waals surface area contributed by atoms with Gasteiger partial charge in [0.15, 0.2) is 0 Å². The largest absolute Gasteiger partial charge is 0.332 e. The van der Waals surface area contributed by atoms with Gasteiger partial charge in [-0.25, -0.2) is 0 Å². The number of carbonyl (C=O) groups excluding carboxylic acids is 2. The molecular formula is C19H25N5O2S. The summed E-state index contributed by atoms with van der Waals surface area (Å²) >= 11 is 1.36. The highest BCUT2D eigenvalue weighted by molar-refractivity contribution is 8.01. The number of anilines is 1. The number of aromatic amines is 1. The number of nitrogens with zero attached hydrogens (tertiary/aromatic N) is 2. The van der Waals surface area contributed by atoms with Crippen molar-refractivity contribution in [2.45, 2.75) is 25.1 Å². The first-order chi connectivity index (χ1) is 13.0. The van der Waals surface area contributed by atoms with Crippen LogP contribution in [0.1, 0.15) is 24.1 Å². The number of rotatable bonds is 6. The molecule has 1 aromatic carbocycles. The molecule has 0 bridgehead atoms. The molecule has 1 aliphatic heterocycles. The first kappa shape index (κ1) is 19.4. The average molecular weight is 388 g/mol. The van der Waals surface area contributed by atoms with Crippen molar-refractivity contribution in [2.75, 3.05) is 30.7 Å². The summed E-state index contributed by atoms with van der Waals surface area (Å²) in [5, 5.41) is 12.7. The highest BCUT2D eigenvalue weighted by Gasteiger charge is 2.31. The summed E-state index contributed by atoms with van der Waals surface area (Å²) in [5.41, 5.74) is 2.90. The third-order valence-corrected chi connectivity index (χ3v) is 5.71. The molecule has 7 nitrogen and oxygen atoms in total. The third-order valence-electron chi connectivity index (χ3n) is 4.58. The molecule has 2 aromatic rings. The number of thioether (sulfide) groups is 1. The Balaban J connectivity index is 1.53. The lowest BCUT2D eigenvalue weighted by molar-refractivity contribution is -0.133. The van der Waals surface area contributed by atoms with Crippen LogP contribution in [0.25, 0.3) is 0 Å². The minimum Gasteiger partial charge on any atom is -0.332 e. The van der Waals surface area contributed by atoms with Crippen LogP contribution < -0.4 is 10.6 Å². The van der Waals surface area contributed by atoms with E-state index in [9.17, 15) is 9.59 Å². The van der Waals surface area contributed by atoms with Gasteiger partial charge in [-0.2, -0.15) is 5.10 Å². The van der Waals surface area contributed by atoms with Crippen LogP contribution in [0.3, 0.4) is 0 Å². The molecule has 3 rings (SSSR count). The van der Waals surface area contributed by atoms with Crippen molar-refractivity contribution in [1.29, 1.82) is 0 Å². The van der Waals surface area contributed by atoms with Crippen LogP contribution in [-0.4, -0.2) is 57.5 Å². The second kappa shape index (κ2) is 9.05. The Morgan fingerprint density at radius 1 is 1.37 bits per heavy atom. The monoisotopic (exact) mass is 387 g/mol. The van der Waals surface area contributed by atoms with Gasteiger partial charge in [0, 0.05) is 37.1 Å². The molecule has 1 aromatic heterocycles. The zero-order chi connectivity index (χ0) is 19.2. The van der Waals surface area contributed by atoms with E-state index in [1.807, 2.05) is 49.2 Å². The minimum absolute atomic E-state index is 0.0329. The Bertz CT molecular complexity index is 763. The van der Waals surface area contributed by atoms with Gasteiger partial charge in [0.25, 0.3) is 0 Å². The molecule has 2 amide bonds. The number of aromatic nitrogens is 2. The second-order valence-corrected chi connectivity index (χ2v) is 7.98. The van der Waals surface area contributed by atoms with Gasteiger partial charge in [0.1, 0.15) is 0 Å². The molecule has 1 fully saturated rings. The Kier molecular flexibility index (Phi) is 6.52. The summed E-state index contributed by atoms with van der Waals surface area (Å²) < 4.78 is 0. The number of piperazine rings is 1. The van der Waals surface area contributed by atoms with Crippen molar-refractivity contribution in [1.82, 2.24) is 20.4 Å². The van der Waals surface area contributed by atoms with E-state index in [1.165, 1.54) is 11.8 Å². The molecule has 8 heteroatoms. The molecule has 2 unspecified atom stereocenters. The zero-order valence-electron chi connectivity index (χ0n) is 15.6. The van der Waals surface area contributed by atoms with E-state index in [0.29, 0.717) is 13.1 Å². The minimum atomic E-state index is -0.290. The lowest BCUT2D eigenvalue weighted by Crippen LogP contribution is -2.50. The van der Waals surface area contributed by atoms with Crippen LogP contribution in [-0.2, 0) is 9.59 Å². The van der Waals surface area contributed by atoms with E-state index < -0.39 is 0 Å². The molecular weight excluding hydrogens is 362 g/mol. The maximum absolute atomic E-state index is 12.9. The van der Waals surface area contributed by atoms with Crippen LogP contribution in [0.2, 0.25) is 0 Å². The van der Waals surface area contributed by atoms with Crippen molar-refractivity contribution in [3.63, 3.8) is 0 Å². The molecule has 0 spiro atoms. The van der Waals surface area contributed by atoms with E-state index in [1.54, 1.807) is 6.20 Å². The quantitative estimate of drug-likeness (QED) is 0.705. The first-order valence-electron chi connectivity index (χ1n) is 9.02. The van der Waals surface area contributed by atoms with Gasteiger partial charge in [0.2, 0.25) is 11.8 Å². The van der Waals surface area contributed by atoms with E-state index >= 15 is 0 Å². The number of carbonyl (C=O) groups is 2. The smallest absolute Gasteiger partial charge is 0.236 e. The number of hydrogen-bond donors (Lipinski definition) is 3. The van der Waals surface area contributed by atoms with Crippen LogP contribution >= 0.6 is 11.8 Å². The standard InChI is InChI=1S/C19H25N5O2S/c1-13-3-5-16(6-4-13)23-18(25)12-27-14(2)19(26)24-8-7-20-11-17(24)15-9-21-22-10-15/h3-6,9-10,14,17,20H,7-8,11-12H2,1-2H3,(H,21,22)(H,23,25). The predicted molar refractivity (Wildman–Crippen MR) is 108 cm³/mol. The van der Waals surface area contributed by atoms with E-state index in [2.05, 4.69) is 20.8 Å². The molecule has 144 valence electrons. The summed E-state index contributed by atoms with van der Waals surface area (Å²) in [5.74, 6) is 0.189. The van der Waals surface area contributed by atoms with Gasteiger partial charge in [-0.15, -0.1) is 11.8 Å². The van der Waals surface area contributed by atoms with Gasteiger partial charge in [-0.05, 0) is 26.0 Å². The van der Waals surface area contributed by atoms with E-state index in [-0.39, 0.29) is 28.9 Å². The molecule has 2 heterocycles. The zero-order valence-corrected chi connectivity index (χ0v) is 16.4. The summed E-state index contributed by atoms with van der Waals surface area (Å²) in [6.07, 6.45) is 3.58. The fourth-order valence-electron chi connectivity index (χ4n) is 3.05. The average Bonchev–Trinajstić information content (AvgIpc) is 3.22. The van der Waals surface area contributed by atoms with Gasteiger partial charge in [-0.3, -0.25) is 14.7 Å². The van der Waals surface area contributed by atoms with Gasteiger partial charge in [-0.1, -0.05) is 17.7 Å². The summed E-state index contributed by atoms with van der Waals surface area (Å²) in [4.78, 5) is 27.0. The second-order valence-electron chi connectivity index (χ2n) is 6.65. The number of benzene rings is 1. The maximum Gasteiger partial charge on any atom is 0.236 e. The molecule has 0 radical (unpaired) electrons. The van der Waals surface area contributed by atoms with Crippen LogP contribution in [0, 0.1) is 6.92 Å². The third kappa shape index (κ3) is 5.11. The van der Waals surface area contributed by atoms with Crippen molar-refractivity contribution >= 4 is 29.3 Å². The Morgan fingerprint density at radius 3 is 2.85 bits per heavy atom. The number of amides is 2. The Morgan fingerprint density at radius 2 is 2.15 bits per heavy atom. The van der Waals surface area contributed by atoms with Gasteiger partial charge >= 0.3 is 0 Å². The molecule has 27 heavy (non-hydrogen) atoms. The molecule has 0 aliphatic carbocycles. The number of aryl methyl sites for hydroxylation is 1. The predicted octanol–water partition coefficient (Wildman–Crippen LogP) is 1.95. The maximum atomic E-state index is 12.9. The van der Waals surface area contributed by atoms with Gasteiger partial charge in [0.05, 0.1) is 23.2 Å². The molecule has 0 saturated carbocycles. The van der Waals surface area contributed by atoms with Gasteiger partial charge < -0.3 is 15.5 Å². The van der Waals surface area contributed by atoms with Crippen molar-refractivity contribution in [3.05, 3.63) is 47.8 Å². The number of hydrogen-bond acceptors (Lipinski definition) is 5. The molecule has 1 saturated heterocycles. The normalized spacial score (nSPS) is 18.1. The summed E-state index contributed by atoms with van der Waals surface area (Å²) in [6, 6.07) is 7.63. The fraction of sp³-hybridized carbons (Fsp3) is 0.421. The van der Waals surface area contributed by atoms with Crippen LogP contribution in [0.15, 0.2) is 36.7 Å². The first-order valence-corrected chi connectivity index (χ1v) is 10.1. The van der Waals surface area contributed by atoms with Crippen LogP contribution in [0.5, 0.6) is 0 Å². The van der Waals surface area contributed by atoms with E-state index in [4.69, 9.17) is 0 Å². The van der Waals surface area contributed by atoms with Crippen LogP contribution in [0.4, 0.5) is 5.69 Å². The van der Waals surface area contributed by atoms with Crippen molar-refractivity contribution < 1.29 is 9.59 Å². The number of H-pyrrole nitrogens is 1. The fourth-order valence-corrected chi connectivity index (χ4v) is 3.80. The summed E-state index contributed by atoms with van der Waals surface area (Å²) in [6.45, 7) is 5.99. The number of nitrogens with one attached hydrogen (secondary N) is 3. The Labute approximate surface area is 163 Å². The molecule has 3 N–H and O–H groups in total. The highest BCUT2D eigenvalue weighted by atomic mass is 32.2. The molecule has 1 aliphatic rings. The molecule has 2 atom stereocenters.